The Balaban J connectivity index is 1.20. The van der Waals surface area contributed by atoms with E-state index in [1.54, 1.807) is 6.20 Å². The first-order valence-corrected chi connectivity index (χ1v) is 14.5. The summed E-state index contributed by atoms with van der Waals surface area (Å²) >= 11 is 1.41. The van der Waals surface area contributed by atoms with Gasteiger partial charge in [0.2, 0.25) is 11.8 Å². The number of rotatable bonds is 9. The maximum Gasteiger partial charge on any atom is 0.259 e. The average molecular weight is 564 g/mol. The van der Waals surface area contributed by atoms with Crippen LogP contribution in [0.25, 0.3) is 22.2 Å². The first-order valence-electron chi connectivity index (χ1n) is 13.7. The second-order valence-electron chi connectivity index (χ2n) is 10.1. The number of aliphatic hydroxyl groups excluding tert-OH is 2. The Morgan fingerprint density at radius 2 is 1.75 bits per heavy atom. The molecule has 40 heavy (non-hydrogen) atoms. The molecule has 0 spiro atoms. The first-order chi connectivity index (χ1) is 19.6. The number of anilines is 4. The molecule has 12 nitrogen and oxygen atoms in total. The second kappa shape index (κ2) is 12.3. The van der Waals surface area contributed by atoms with E-state index in [9.17, 15) is 10.2 Å². The molecule has 1 aliphatic carbocycles. The predicted molar refractivity (Wildman–Crippen MR) is 154 cm³/mol. The van der Waals surface area contributed by atoms with Gasteiger partial charge in [-0.1, -0.05) is 29.5 Å². The van der Waals surface area contributed by atoms with Crippen molar-refractivity contribution in [1.29, 1.82) is 0 Å². The highest BCUT2D eigenvalue weighted by Gasteiger charge is 2.23. The second-order valence-corrected chi connectivity index (χ2v) is 11.1. The fraction of sp³-hybridized carbons (Fsp3) is 0.444. The Kier molecular flexibility index (Phi) is 8.14. The van der Waals surface area contributed by atoms with E-state index < -0.39 is 0 Å². The van der Waals surface area contributed by atoms with Crippen LogP contribution < -0.4 is 15.5 Å². The Hall–Kier alpha value is -3.65. The van der Waals surface area contributed by atoms with Gasteiger partial charge >= 0.3 is 0 Å². The van der Waals surface area contributed by atoms with Gasteiger partial charge in [-0.25, -0.2) is 4.98 Å². The number of piperazine rings is 1. The summed E-state index contributed by atoms with van der Waals surface area (Å²) in [5, 5.41) is 35.1. The number of thiazole rings is 1. The highest BCUT2D eigenvalue weighted by molar-refractivity contribution is 7.18. The number of aliphatic hydroxyl groups is 2. The van der Waals surface area contributed by atoms with Gasteiger partial charge in [0.05, 0.1) is 18.9 Å². The third-order valence-electron chi connectivity index (χ3n) is 7.25. The molecule has 1 aromatic carbocycles. The topological polar surface area (TPSA) is 149 Å². The van der Waals surface area contributed by atoms with Crippen LogP contribution in [-0.2, 0) is 0 Å². The largest absolute Gasteiger partial charge is 0.415 e. The highest BCUT2D eigenvalue weighted by Crippen LogP contribution is 2.32. The molecule has 4 N–H and O–H groups in total. The number of β-amino-alcohol motifs (C(OH)–C–C–N with tert-alkyl or cyclic N) is 1. The Morgan fingerprint density at radius 3 is 2.52 bits per heavy atom. The van der Waals surface area contributed by atoms with E-state index in [0.29, 0.717) is 35.2 Å². The van der Waals surface area contributed by atoms with E-state index in [1.807, 2.05) is 36.4 Å². The summed E-state index contributed by atoms with van der Waals surface area (Å²) in [5.74, 6) is 2.90. The fourth-order valence-corrected chi connectivity index (χ4v) is 5.77. The number of nitrogens with one attached hydrogen (secondary N) is 2. The van der Waals surface area contributed by atoms with Crippen molar-refractivity contribution in [3.05, 3.63) is 42.6 Å². The molecule has 210 valence electrons. The molecule has 1 saturated carbocycles. The Morgan fingerprint density at radius 1 is 0.975 bits per heavy atom. The molecular formula is C27H33N9O3S. The van der Waals surface area contributed by atoms with Crippen molar-refractivity contribution < 1.29 is 14.6 Å². The molecule has 3 aromatic heterocycles. The summed E-state index contributed by atoms with van der Waals surface area (Å²) in [4.78, 5) is 19.4. The molecule has 0 bridgehead atoms. The zero-order chi connectivity index (χ0) is 27.3. The average Bonchev–Trinajstić information content (AvgIpc) is 3.66. The van der Waals surface area contributed by atoms with Gasteiger partial charge in [0.25, 0.3) is 5.89 Å². The van der Waals surface area contributed by atoms with Crippen molar-refractivity contribution in [2.75, 3.05) is 54.9 Å². The Bertz CT molecular complexity index is 1380. The monoisotopic (exact) mass is 563 g/mol. The van der Waals surface area contributed by atoms with Gasteiger partial charge in [0.15, 0.2) is 5.13 Å². The maximum absolute atomic E-state index is 9.90. The van der Waals surface area contributed by atoms with E-state index in [0.717, 1.165) is 68.1 Å². The van der Waals surface area contributed by atoms with E-state index in [4.69, 9.17) is 14.4 Å². The van der Waals surface area contributed by atoms with Gasteiger partial charge in [0, 0.05) is 50.4 Å². The number of hydrogen-bond donors (Lipinski definition) is 4. The zero-order valence-electron chi connectivity index (χ0n) is 22.1. The molecule has 0 unspecified atom stereocenters. The van der Waals surface area contributed by atoms with E-state index >= 15 is 0 Å². The van der Waals surface area contributed by atoms with Crippen LogP contribution in [0.2, 0.25) is 0 Å². The van der Waals surface area contributed by atoms with Crippen molar-refractivity contribution >= 4 is 34.1 Å². The number of hydrogen-bond acceptors (Lipinski definition) is 13. The van der Waals surface area contributed by atoms with Crippen LogP contribution >= 0.6 is 11.3 Å². The summed E-state index contributed by atoms with van der Waals surface area (Å²) in [6.45, 7) is 4.20. The van der Waals surface area contributed by atoms with Crippen molar-refractivity contribution in [2.24, 2.45) is 0 Å². The van der Waals surface area contributed by atoms with Gasteiger partial charge in [-0.05, 0) is 37.8 Å². The van der Waals surface area contributed by atoms with Crippen LogP contribution in [0.5, 0.6) is 0 Å². The SMILES string of the molecule is OCCN1CCN(c2cc(Nc3ncc(-c4nnc(-c5ccccc5)o4)s3)nc(NC3CCC(O)CC3)n2)CC1. The molecule has 6 rings (SSSR count). The number of nitrogens with zero attached hydrogens (tertiary/aromatic N) is 7. The number of benzene rings is 1. The van der Waals surface area contributed by atoms with E-state index in [2.05, 4.69) is 35.6 Å². The molecule has 1 aliphatic heterocycles. The van der Waals surface area contributed by atoms with Crippen molar-refractivity contribution in [3.63, 3.8) is 0 Å². The van der Waals surface area contributed by atoms with Crippen LogP contribution in [0.4, 0.5) is 22.7 Å². The fourth-order valence-electron chi connectivity index (χ4n) is 5.03. The maximum atomic E-state index is 9.90. The lowest BCUT2D eigenvalue weighted by Gasteiger charge is -2.35. The molecule has 13 heteroatoms. The van der Waals surface area contributed by atoms with Gasteiger partial charge in [-0.3, -0.25) is 4.90 Å². The molecule has 4 heterocycles. The predicted octanol–water partition coefficient (Wildman–Crippen LogP) is 3.22. The zero-order valence-corrected chi connectivity index (χ0v) is 22.9. The van der Waals surface area contributed by atoms with Crippen molar-refractivity contribution in [3.8, 4) is 22.2 Å². The standard InChI is InChI=1S/C27H33N9O3S/c37-15-14-35-10-12-36(13-11-35)23-16-22(30-26(32-23)29-19-6-8-20(38)9-7-19)31-27-28-17-21(40-27)25-34-33-24(39-25)18-4-2-1-3-5-18/h1-5,16-17,19-20,37-38H,6-15H2,(H2,28,29,30,31,32). The van der Waals surface area contributed by atoms with Crippen LogP contribution in [-0.4, -0.2) is 91.7 Å². The van der Waals surface area contributed by atoms with Crippen LogP contribution in [0.15, 0.2) is 47.0 Å². The Labute approximate surface area is 236 Å². The normalized spacial score (nSPS) is 20.0. The summed E-state index contributed by atoms with van der Waals surface area (Å²) < 4.78 is 5.90. The summed E-state index contributed by atoms with van der Waals surface area (Å²) in [5.41, 5.74) is 0.863. The summed E-state index contributed by atoms with van der Waals surface area (Å²) in [6.07, 6.45) is 4.80. The van der Waals surface area contributed by atoms with Gasteiger partial charge in [-0.15, -0.1) is 10.2 Å². The smallest absolute Gasteiger partial charge is 0.259 e. The molecular weight excluding hydrogens is 530 g/mol. The molecule has 2 aliphatic rings. The number of aromatic nitrogens is 5. The summed E-state index contributed by atoms with van der Waals surface area (Å²) in [6, 6.07) is 11.8. The van der Waals surface area contributed by atoms with E-state index in [1.165, 1.54) is 11.3 Å². The molecule has 2 fully saturated rings. The lowest BCUT2D eigenvalue weighted by molar-refractivity contribution is 0.126. The minimum atomic E-state index is -0.223. The molecule has 1 saturated heterocycles. The minimum absolute atomic E-state index is 0.165. The molecule has 4 aromatic rings. The summed E-state index contributed by atoms with van der Waals surface area (Å²) in [7, 11) is 0. The van der Waals surface area contributed by atoms with Crippen LogP contribution in [0.1, 0.15) is 25.7 Å². The third-order valence-corrected chi connectivity index (χ3v) is 8.15. The lowest BCUT2D eigenvalue weighted by Crippen LogP contribution is -2.47. The van der Waals surface area contributed by atoms with E-state index in [-0.39, 0.29) is 18.8 Å². The molecule has 0 radical (unpaired) electrons. The van der Waals surface area contributed by atoms with Crippen molar-refractivity contribution in [1.82, 2.24) is 30.0 Å². The van der Waals surface area contributed by atoms with Crippen LogP contribution in [0.3, 0.4) is 0 Å². The van der Waals surface area contributed by atoms with Crippen LogP contribution in [0, 0.1) is 0 Å². The molecule has 0 atom stereocenters. The lowest BCUT2D eigenvalue weighted by atomic mass is 9.93. The van der Waals surface area contributed by atoms with Gasteiger partial charge in [0.1, 0.15) is 16.5 Å². The third kappa shape index (κ3) is 6.39. The molecule has 0 amide bonds. The van der Waals surface area contributed by atoms with Gasteiger partial charge in [-0.2, -0.15) is 9.97 Å². The quantitative estimate of drug-likeness (QED) is 0.237. The highest BCUT2D eigenvalue weighted by atomic mass is 32.1. The first kappa shape index (κ1) is 26.6. The minimum Gasteiger partial charge on any atom is -0.415 e. The van der Waals surface area contributed by atoms with Crippen molar-refractivity contribution in [2.45, 2.75) is 37.8 Å². The van der Waals surface area contributed by atoms with Gasteiger partial charge < -0.3 is 30.2 Å².